The lowest BCUT2D eigenvalue weighted by Crippen LogP contribution is -2.15. The van der Waals surface area contributed by atoms with Crippen molar-refractivity contribution in [3.63, 3.8) is 0 Å². The molecule has 0 aromatic carbocycles. The van der Waals surface area contributed by atoms with Crippen molar-refractivity contribution < 1.29 is 14.1 Å². The number of hydrogen-bond donors (Lipinski definition) is 1. The Hall–Kier alpha value is -0.190. The summed E-state index contributed by atoms with van der Waals surface area (Å²) in [5, 5.41) is 9.83. The van der Waals surface area contributed by atoms with Gasteiger partial charge in [-0.3, -0.25) is 4.18 Å². The first-order valence-corrected chi connectivity index (χ1v) is 2.83. The molecule has 0 radical (unpaired) electrons. The molecule has 1 aliphatic heterocycles. The molecule has 0 spiro atoms. The standard InChI is InChI=1S/C4H4O3S.ClH/c5-4(6)3-1-2-8-7-3;/h1-3H,(H,5,6);1H. The molecule has 52 valence electrons. The summed E-state index contributed by atoms with van der Waals surface area (Å²) >= 11 is 1.05. The van der Waals surface area contributed by atoms with Crippen molar-refractivity contribution in [2.24, 2.45) is 0 Å². The quantitative estimate of drug-likeness (QED) is 0.595. The average molecular weight is 169 g/mol. The molecule has 3 nitrogen and oxygen atoms in total. The topological polar surface area (TPSA) is 46.5 Å². The number of carboxylic acid groups (broad SMARTS) is 1. The van der Waals surface area contributed by atoms with Crippen LogP contribution < -0.4 is 0 Å². The fourth-order valence-corrected chi connectivity index (χ4v) is 0.888. The van der Waals surface area contributed by atoms with Crippen LogP contribution in [-0.2, 0) is 8.98 Å². The van der Waals surface area contributed by atoms with Crippen LogP contribution >= 0.6 is 24.4 Å². The average Bonchev–Trinajstić information content (AvgIpc) is 2.12. The highest BCUT2D eigenvalue weighted by molar-refractivity contribution is 7.97. The molecule has 0 fully saturated rings. The fourth-order valence-electron chi connectivity index (χ4n) is 0.351. The van der Waals surface area contributed by atoms with E-state index in [4.69, 9.17) is 5.11 Å². The molecule has 0 saturated carbocycles. The molecule has 0 bridgehead atoms. The van der Waals surface area contributed by atoms with Crippen LogP contribution in [0.25, 0.3) is 0 Å². The van der Waals surface area contributed by atoms with Crippen molar-refractivity contribution in [1.82, 2.24) is 0 Å². The van der Waals surface area contributed by atoms with Crippen molar-refractivity contribution in [1.29, 1.82) is 0 Å². The zero-order valence-corrected chi connectivity index (χ0v) is 5.95. The van der Waals surface area contributed by atoms with Gasteiger partial charge in [0.1, 0.15) is 0 Å². The molecule has 1 N–H and O–H groups in total. The Kier molecular flexibility index (Phi) is 3.68. The van der Waals surface area contributed by atoms with E-state index in [0.717, 1.165) is 12.0 Å². The van der Waals surface area contributed by atoms with Gasteiger partial charge in [-0.2, -0.15) is 0 Å². The molecule has 1 unspecified atom stereocenters. The van der Waals surface area contributed by atoms with E-state index in [9.17, 15) is 4.79 Å². The van der Waals surface area contributed by atoms with Gasteiger partial charge in [-0.1, -0.05) is 0 Å². The van der Waals surface area contributed by atoms with Crippen LogP contribution in [0.3, 0.4) is 0 Å². The van der Waals surface area contributed by atoms with Crippen LogP contribution in [0.1, 0.15) is 0 Å². The summed E-state index contributed by atoms with van der Waals surface area (Å²) in [6.45, 7) is 0. The lowest BCUT2D eigenvalue weighted by atomic mass is 10.4. The first-order valence-electron chi connectivity index (χ1n) is 2.02. The van der Waals surface area contributed by atoms with E-state index in [0.29, 0.717) is 0 Å². The third kappa shape index (κ3) is 2.26. The third-order valence-corrected chi connectivity index (χ3v) is 1.30. The Morgan fingerprint density at radius 3 is 2.67 bits per heavy atom. The molecule has 1 heterocycles. The maximum absolute atomic E-state index is 10.0. The van der Waals surface area contributed by atoms with Crippen molar-refractivity contribution in [2.75, 3.05) is 0 Å². The zero-order chi connectivity index (χ0) is 5.98. The van der Waals surface area contributed by atoms with E-state index in [1.807, 2.05) is 0 Å². The summed E-state index contributed by atoms with van der Waals surface area (Å²) in [5.41, 5.74) is 0. The van der Waals surface area contributed by atoms with Gasteiger partial charge in [-0.05, 0) is 11.5 Å². The largest absolute Gasteiger partial charge is 0.479 e. The van der Waals surface area contributed by atoms with Crippen molar-refractivity contribution in [3.8, 4) is 0 Å². The van der Waals surface area contributed by atoms with E-state index < -0.39 is 12.1 Å². The number of aliphatic carboxylic acids is 1. The summed E-state index contributed by atoms with van der Waals surface area (Å²) in [6.07, 6.45) is 0.757. The van der Waals surface area contributed by atoms with Gasteiger partial charge in [-0.15, -0.1) is 12.4 Å². The van der Waals surface area contributed by atoms with Crippen LogP contribution in [0.4, 0.5) is 0 Å². The van der Waals surface area contributed by atoms with E-state index in [1.54, 1.807) is 5.41 Å². The smallest absolute Gasteiger partial charge is 0.338 e. The molecule has 0 aliphatic carbocycles. The number of carbonyl (C=O) groups is 1. The second kappa shape index (κ2) is 3.76. The van der Waals surface area contributed by atoms with Crippen LogP contribution in [-0.4, -0.2) is 17.2 Å². The summed E-state index contributed by atoms with van der Waals surface area (Å²) < 4.78 is 4.62. The normalized spacial score (nSPS) is 23.3. The van der Waals surface area contributed by atoms with Gasteiger partial charge in [0.15, 0.2) is 6.10 Å². The Bertz CT molecular complexity index is 136. The van der Waals surface area contributed by atoms with Crippen molar-refractivity contribution in [3.05, 3.63) is 11.5 Å². The number of rotatable bonds is 1. The minimum Gasteiger partial charge on any atom is -0.479 e. The molecule has 0 aromatic rings. The fraction of sp³-hybridized carbons (Fsp3) is 0.250. The number of halogens is 1. The van der Waals surface area contributed by atoms with Crippen LogP contribution in [0.5, 0.6) is 0 Å². The second-order valence-electron chi connectivity index (χ2n) is 1.28. The molecule has 0 saturated heterocycles. The van der Waals surface area contributed by atoms with Gasteiger partial charge in [0.2, 0.25) is 0 Å². The predicted molar refractivity (Wildman–Crippen MR) is 36.5 cm³/mol. The van der Waals surface area contributed by atoms with Crippen LogP contribution in [0.2, 0.25) is 0 Å². The number of carboxylic acids is 1. The molecule has 1 rings (SSSR count). The lowest BCUT2D eigenvalue weighted by molar-refractivity contribution is -0.142. The monoisotopic (exact) mass is 168 g/mol. The van der Waals surface area contributed by atoms with Gasteiger partial charge in [0.05, 0.1) is 0 Å². The van der Waals surface area contributed by atoms with Crippen molar-refractivity contribution in [2.45, 2.75) is 6.10 Å². The molecule has 1 atom stereocenters. The van der Waals surface area contributed by atoms with E-state index >= 15 is 0 Å². The lowest BCUT2D eigenvalue weighted by Gasteiger charge is -1.95. The third-order valence-electron chi connectivity index (χ3n) is 0.712. The second-order valence-corrected chi connectivity index (χ2v) is 1.94. The van der Waals surface area contributed by atoms with E-state index in [1.165, 1.54) is 6.08 Å². The molecular weight excluding hydrogens is 164 g/mol. The Labute approximate surface area is 62.7 Å². The highest BCUT2D eigenvalue weighted by Crippen LogP contribution is 2.17. The molecule has 0 amide bonds. The van der Waals surface area contributed by atoms with Crippen molar-refractivity contribution >= 4 is 30.4 Å². The first kappa shape index (κ1) is 8.81. The zero-order valence-electron chi connectivity index (χ0n) is 4.31. The van der Waals surface area contributed by atoms with Gasteiger partial charge in [0.25, 0.3) is 0 Å². The van der Waals surface area contributed by atoms with Gasteiger partial charge >= 0.3 is 5.97 Å². The SMILES string of the molecule is Cl.O=C(O)C1C=CSO1. The highest BCUT2D eigenvalue weighted by atomic mass is 35.5. The van der Waals surface area contributed by atoms with E-state index in [-0.39, 0.29) is 12.4 Å². The molecule has 1 aliphatic rings. The summed E-state index contributed by atoms with van der Waals surface area (Å²) in [5.74, 6) is -0.939. The summed E-state index contributed by atoms with van der Waals surface area (Å²) in [4.78, 5) is 10.0. The van der Waals surface area contributed by atoms with Gasteiger partial charge in [-0.25, -0.2) is 4.79 Å². The Morgan fingerprint density at radius 2 is 2.44 bits per heavy atom. The Balaban J connectivity index is 0.000000640. The molecule has 0 aromatic heterocycles. The highest BCUT2D eigenvalue weighted by Gasteiger charge is 2.17. The maximum Gasteiger partial charge on any atom is 0.338 e. The van der Waals surface area contributed by atoms with Gasteiger partial charge in [0, 0.05) is 12.0 Å². The minimum absolute atomic E-state index is 0. The summed E-state index contributed by atoms with van der Waals surface area (Å²) in [7, 11) is 0. The Morgan fingerprint density at radius 1 is 1.78 bits per heavy atom. The number of hydrogen-bond acceptors (Lipinski definition) is 3. The maximum atomic E-state index is 10.0. The molecular formula is C4H5ClO3S. The first-order chi connectivity index (χ1) is 3.80. The molecule has 9 heavy (non-hydrogen) atoms. The van der Waals surface area contributed by atoms with Crippen LogP contribution in [0.15, 0.2) is 11.5 Å². The minimum atomic E-state index is -0.939. The molecule has 5 heteroatoms. The predicted octanol–water partition coefficient (Wildman–Crippen LogP) is 1.05. The van der Waals surface area contributed by atoms with Gasteiger partial charge < -0.3 is 5.11 Å². The van der Waals surface area contributed by atoms with Crippen LogP contribution in [0, 0.1) is 0 Å². The summed E-state index contributed by atoms with van der Waals surface area (Å²) in [6, 6.07) is 0. The van der Waals surface area contributed by atoms with E-state index in [2.05, 4.69) is 4.18 Å².